The van der Waals surface area contributed by atoms with Gasteiger partial charge in [-0.1, -0.05) is 18.2 Å². The normalized spacial score (nSPS) is 24.8. The number of piperidine rings is 3. The number of alkyl halides is 6. The van der Waals surface area contributed by atoms with Gasteiger partial charge in [-0.05, 0) is 55.5 Å². The number of aliphatic hydroxyl groups is 1. The first-order valence-corrected chi connectivity index (χ1v) is 12.2. The van der Waals surface area contributed by atoms with Gasteiger partial charge in [-0.15, -0.1) is 6.58 Å². The van der Waals surface area contributed by atoms with E-state index in [-0.39, 0.29) is 24.2 Å². The minimum absolute atomic E-state index is 0.0629. The Morgan fingerprint density at radius 1 is 1.03 bits per heavy atom. The number of para-hydroxylation sites is 1. The number of hydrogen-bond acceptors (Lipinski definition) is 2. The van der Waals surface area contributed by atoms with Gasteiger partial charge in [0.25, 0.3) is 0 Å². The van der Waals surface area contributed by atoms with E-state index in [0.717, 1.165) is 38.1 Å². The summed E-state index contributed by atoms with van der Waals surface area (Å²) in [5, 5.41) is 12.1. The Balaban J connectivity index is 1.50. The summed E-state index contributed by atoms with van der Waals surface area (Å²) < 4.78 is 81.7. The maximum absolute atomic E-state index is 13.3. The van der Waals surface area contributed by atoms with Crippen LogP contribution in [0.3, 0.4) is 0 Å². The number of fused-ring (bicyclic) bond motifs is 4. The zero-order valence-corrected chi connectivity index (χ0v) is 19.9. The highest BCUT2D eigenvalue weighted by Gasteiger charge is 2.43. The Bertz CT molecular complexity index is 1290. The molecule has 0 saturated carbocycles. The average Bonchev–Trinajstić information content (AvgIpc) is 2.87. The Hall–Kier alpha value is -2.91. The van der Waals surface area contributed by atoms with Crippen molar-refractivity contribution in [2.75, 3.05) is 13.1 Å². The van der Waals surface area contributed by atoms with Crippen LogP contribution in [0.25, 0.3) is 10.9 Å². The van der Waals surface area contributed by atoms with Crippen LogP contribution in [-0.4, -0.2) is 29.1 Å². The molecule has 2 bridgehead atoms. The maximum atomic E-state index is 13.3. The van der Waals surface area contributed by atoms with E-state index in [1.165, 1.54) is 0 Å². The number of aliphatic hydroxyl groups excluding tert-OH is 1. The monoisotopic (exact) mass is 521 g/mol. The van der Waals surface area contributed by atoms with Crippen LogP contribution >= 0.6 is 0 Å². The van der Waals surface area contributed by atoms with Crippen molar-refractivity contribution >= 4 is 10.9 Å². The summed E-state index contributed by atoms with van der Waals surface area (Å²) in [7, 11) is 0. The number of nitrogens with zero attached hydrogens (tertiary/aromatic N) is 2. The van der Waals surface area contributed by atoms with E-state index >= 15 is 0 Å². The second-order valence-electron chi connectivity index (χ2n) is 10.0. The minimum atomic E-state index is -4.91. The van der Waals surface area contributed by atoms with Crippen molar-refractivity contribution in [1.29, 1.82) is 0 Å². The third-order valence-corrected chi connectivity index (χ3v) is 7.80. The first-order chi connectivity index (χ1) is 17.5. The fourth-order valence-corrected chi connectivity index (χ4v) is 5.92. The fourth-order valence-electron chi connectivity index (χ4n) is 5.92. The van der Waals surface area contributed by atoms with E-state index in [2.05, 4.69) is 11.5 Å². The molecule has 3 nitrogen and oxygen atoms in total. The molecular formula is C28H27F6N2O+. The van der Waals surface area contributed by atoms with E-state index in [9.17, 15) is 31.4 Å². The molecule has 3 saturated heterocycles. The van der Waals surface area contributed by atoms with Crippen LogP contribution in [-0.2, 0) is 18.9 Å². The lowest BCUT2D eigenvalue weighted by atomic mass is 9.73. The Kier molecular flexibility index (Phi) is 6.56. The number of pyridine rings is 1. The SMILES string of the molecule is C=CC1CN2CCC1CC2[C@H](O)c1cc[n+](Cc2cc(C(F)(F)F)cc(C(F)(F)F)c2)c2ccccc12. The minimum Gasteiger partial charge on any atom is -0.387 e. The number of aromatic nitrogens is 1. The molecule has 4 heterocycles. The van der Waals surface area contributed by atoms with Crippen molar-refractivity contribution < 1.29 is 36.0 Å². The highest BCUT2D eigenvalue weighted by molar-refractivity contribution is 5.79. The molecule has 0 spiro atoms. The molecule has 5 atom stereocenters. The zero-order valence-electron chi connectivity index (χ0n) is 19.9. The topological polar surface area (TPSA) is 27.3 Å². The first kappa shape index (κ1) is 25.7. The van der Waals surface area contributed by atoms with Gasteiger partial charge in [0.05, 0.1) is 22.6 Å². The molecule has 3 aliphatic heterocycles. The zero-order chi connectivity index (χ0) is 26.5. The molecule has 3 fully saturated rings. The highest BCUT2D eigenvalue weighted by Crippen LogP contribution is 2.42. The highest BCUT2D eigenvalue weighted by atomic mass is 19.4. The van der Waals surface area contributed by atoms with Crippen molar-refractivity contribution in [1.82, 2.24) is 4.90 Å². The summed E-state index contributed by atoms with van der Waals surface area (Å²) in [6.07, 6.45) is -5.09. The summed E-state index contributed by atoms with van der Waals surface area (Å²) in [5.41, 5.74) is -1.48. The van der Waals surface area contributed by atoms with Gasteiger partial charge in [0.1, 0.15) is 0 Å². The van der Waals surface area contributed by atoms with Crippen molar-refractivity contribution in [3.05, 3.63) is 89.6 Å². The Morgan fingerprint density at radius 2 is 1.70 bits per heavy atom. The predicted octanol–water partition coefficient (Wildman–Crippen LogP) is 6.14. The van der Waals surface area contributed by atoms with Crippen LogP contribution in [0.4, 0.5) is 26.3 Å². The summed E-state index contributed by atoms with van der Waals surface area (Å²) in [6.45, 7) is 5.49. The number of halogens is 6. The second-order valence-corrected chi connectivity index (χ2v) is 10.0. The molecule has 9 heteroatoms. The molecule has 2 aromatic carbocycles. The Labute approximate surface area is 210 Å². The van der Waals surface area contributed by atoms with Gasteiger partial charge in [-0.25, -0.2) is 0 Å². The van der Waals surface area contributed by atoms with Gasteiger partial charge in [-0.2, -0.15) is 30.9 Å². The lowest BCUT2D eigenvalue weighted by Gasteiger charge is -2.50. The standard InChI is InChI=1S/C28H27F6N2O/c1-2-18-16-36-9-7-19(18)13-25(36)26(37)23-8-10-35(24-6-4-3-5-22(23)24)15-17-11-20(27(29,30)31)14-21(12-17)28(32,33)34/h2-6,8,10-12,14,18-19,25-26,37H,1,7,9,13,15-16H2/q+1/t18?,19?,25?,26-/m1/s1. The van der Waals surface area contributed by atoms with Gasteiger partial charge in [0.2, 0.25) is 5.52 Å². The molecule has 37 heavy (non-hydrogen) atoms. The van der Waals surface area contributed by atoms with Crippen molar-refractivity contribution in [2.45, 2.75) is 43.9 Å². The summed E-state index contributed by atoms with van der Waals surface area (Å²) in [6, 6.07) is 10.4. The van der Waals surface area contributed by atoms with E-state index in [4.69, 9.17) is 0 Å². The fraction of sp³-hybridized carbons (Fsp3) is 0.393. The number of hydrogen-bond donors (Lipinski definition) is 1. The third-order valence-electron chi connectivity index (χ3n) is 7.80. The average molecular weight is 522 g/mol. The molecule has 4 unspecified atom stereocenters. The summed E-state index contributed by atoms with van der Waals surface area (Å²) in [4.78, 5) is 2.29. The quantitative estimate of drug-likeness (QED) is 0.248. The van der Waals surface area contributed by atoms with Crippen LogP contribution in [0, 0.1) is 11.8 Å². The van der Waals surface area contributed by atoms with Gasteiger partial charge in [-0.3, -0.25) is 4.90 Å². The van der Waals surface area contributed by atoms with Crippen LogP contribution in [0.15, 0.2) is 67.4 Å². The molecule has 3 aromatic rings. The first-order valence-electron chi connectivity index (χ1n) is 12.2. The van der Waals surface area contributed by atoms with Gasteiger partial charge in [0.15, 0.2) is 12.7 Å². The molecular weight excluding hydrogens is 494 g/mol. The molecule has 0 amide bonds. The summed E-state index contributed by atoms with van der Waals surface area (Å²) >= 11 is 0. The second kappa shape index (κ2) is 9.44. The van der Waals surface area contributed by atoms with E-state index in [1.807, 2.05) is 12.1 Å². The maximum Gasteiger partial charge on any atom is 0.416 e. The van der Waals surface area contributed by atoms with Crippen molar-refractivity contribution in [3.63, 3.8) is 0 Å². The molecule has 196 valence electrons. The largest absolute Gasteiger partial charge is 0.416 e. The smallest absolute Gasteiger partial charge is 0.387 e. The van der Waals surface area contributed by atoms with Crippen LogP contribution < -0.4 is 4.57 Å². The van der Waals surface area contributed by atoms with Crippen LogP contribution in [0.1, 0.15) is 41.2 Å². The van der Waals surface area contributed by atoms with Crippen molar-refractivity contribution in [2.24, 2.45) is 11.8 Å². The van der Waals surface area contributed by atoms with Crippen LogP contribution in [0.5, 0.6) is 0 Å². The molecule has 6 rings (SSSR count). The van der Waals surface area contributed by atoms with Crippen LogP contribution in [0.2, 0.25) is 0 Å². The molecule has 0 radical (unpaired) electrons. The van der Waals surface area contributed by atoms with E-state index in [0.29, 0.717) is 28.3 Å². The lowest BCUT2D eigenvalue weighted by Crippen LogP contribution is -2.54. The van der Waals surface area contributed by atoms with Crippen molar-refractivity contribution in [3.8, 4) is 0 Å². The van der Waals surface area contributed by atoms with Gasteiger partial charge >= 0.3 is 12.4 Å². The Morgan fingerprint density at radius 3 is 2.30 bits per heavy atom. The third kappa shape index (κ3) is 4.99. The van der Waals surface area contributed by atoms with E-state index < -0.39 is 29.6 Å². The summed E-state index contributed by atoms with van der Waals surface area (Å²) in [5.74, 6) is 0.867. The number of rotatable bonds is 5. The van der Waals surface area contributed by atoms with Gasteiger partial charge < -0.3 is 5.11 Å². The van der Waals surface area contributed by atoms with Gasteiger partial charge in [0, 0.05) is 35.8 Å². The number of benzene rings is 2. The predicted molar refractivity (Wildman–Crippen MR) is 126 cm³/mol. The molecule has 3 aliphatic rings. The molecule has 0 aliphatic carbocycles. The lowest BCUT2D eigenvalue weighted by molar-refractivity contribution is -0.662. The molecule has 1 N–H and O–H groups in total. The molecule has 1 aromatic heterocycles. The van der Waals surface area contributed by atoms with E-state index in [1.54, 1.807) is 35.0 Å².